The Morgan fingerprint density at radius 3 is 2.41 bits per heavy atom. The van der Waals surface area contributed by atoms with Gasteiger partial charge in [-0.05, 0) is 37.5 Å². The summed E-state index contributed by atoms with van der Waals surface area (Å²) in [6, 6.07) is 0.260. The average Bonchev–Trinajstić information content (AvgIpc) is 2.38. The van der Waals surface area contributed by atoms with Crippen LogP contribution in [0.5, 0.6) is 0 Å². The van der Waals surface area contributed by atoms with Crippen LogP contribution in [0.15, 0.2) is 0 Å². The van der Waals surface area contributed by atoms with E-state index >= 15 is 0 Å². The summed E-state index contributed by atoms with van der Waals surface area (Å²) in [7, 11) is 1.87. The Hall–Kier alpha value is -0.0800. The molecule has 2 saturated carbocycles. The molecule has 2 N–H and O–H groups in total. The van der Waals surface area contributed by atoms with Gasteiger partial charge < -0.3 is 10.5 Å². The second kappa shape index (κ2) is 5.71. The van der Waals surface area contributed by atoms with E-state index in [9.17, 15) is 0 Å². The molecule has 0 spiro atoms. The Morgan fingerprint density at radius 2 is 1.82 bits per heavy atom. The van der Waals surface area contributed by atoms with Crippen molar-refractivity contribution in [2.75, 3.05) is 7.11 Å². The van der Waals surface area contributed by atoms with E-state index < -0.39 is 0 Å². The largest absolute Gasteiger partial charge is 0.377 e. The smallest absolute Gasteiger partial charge is 0.0831 e. The van der Waals surface area contributed by atoms with Gasteiger partial charge in [0, 0.05) is 13.2 Å². The minimum Gasteiger partial charge on any atom is -0.377 e. The molecular weight excluding hydrogens is 210 g/mol. The Labute approximate surface area is 106 Å². The minimum atomic E-state index is -0.0000231. The Morgan fingerprint density at radius 1 is 1.12 bits per heavy atom. The maximum Gasteiger partial charge on any atom is 0.0831 e. The molecule has 3 atom stereocenters. The molecule has 0 aromatic rings. The highest BCUT2D eigenvalue weighted by atomic mass is 16.5. The quantitative estimate of drug-likeness (QED) is 0.818. The zero-order chi connectivity index (χ0) is 12.3. The fourth-order valence-corrected chi connectivity index (χ4v) is 4.06. The summed E-state index contributed by atoms with van der Waals surface area (Å²) in [4.78, 5) is 0. The van der Waals surface area contributed by atoms with Gasteiger partial charge >= 0.3 is 0 Å². The molecule has 2 nitrogen and oxygen atoms in total. The highest BCUT2D eigenvalue weighted by molar-refractivity contribution is 4.97. The van der Waals surface area contributed by atoms with Crippen molar-refractivity contribution >= 4 is 0 Å². The molecule has 0 aromatic heterocycles. The van der Waals surface area contributed by atoms with E-state index in [1.807, 2.05) is 7.11 Å². The van der Waals surface area contributed by atoms with Gasteiger partial charge in [0.05, 0.1) is 5.60 Å². The Kier molecular flexibility index (Phi) is 4.48. The van der Waals surface area contributed by atoms with E-state index in [1.165, 1.54) is 57.8 Å². The number of ether oxygens (including phenoxy) is 1. The van der Waals surface area contributed by atoms with Crippen LogP contribution in [0.25, 0.3) is 0 Å². The van der Waals surface area contributed by atoms with Crippen LogP contribution in [-0.2, 0) is 4.74 Å². The van der Waals surface area contributed by atoms with Crippen LogP contribution in [0.4, 0.5) is 0 Å². The van der Waals surface area contributed by atoms with Gasteiger partial charge in [0.15, 0.2) is 0 Å². The van der Waals surface area contributed by atoms with Crippen molar-refractivity contribution in [2.24, 2.45) is 17.6 Å². The Balaban J connectivity index is 2.02. The summed E-state index contributed by atoms with van der Waals surface area (Å²) < 4.78 is 5.90. The fraction of sp³-hybridized carbons (Fsp3) is 1.00. The van der Waals surface area contributed by atoms with Gasteiger partial charge in [-0.15, -0.1) is 0 Å². The van der Waals surface area contributed by atoms with Crippen molar-refractivity contribution in [3.05, 3.63) is 0 Å². The summed E-state index contributed by atoms with van der Waals surface area (Å²) in [5.41, 5.74) is 6.61. The molecule has 2 aliphatic carbocycles. The van der Waals surface area contributed by atoms with Gasteiger partial charge in [0.25, 0.3) is 0 Å². The average molecular weight is 239 g/mol. The van der Waals surface area contributed by atoms with Crippen molar-refractivity contribution in [1.29, 1.82) is 0 Å². The monoisotopic (exact) mass is 239 g/mol. The van der Waals surface area contributed by atoms with Gasteiger partial charge in [-0.3, -0.25) is 0 Å². The second-order valence-corrected chi connectivity index (χ2v) is 6.39. The number of nitrogens with two attached hydrogens (primary N) is 1. The molecule has 0 aliphatic heterocycles. The van der Waals surface area contributed by atoms with Gasteiger partial charge in [-0.1, -0.05) is 39.0 Å². The van der Waals surface area contributed by atoms with Crippen LogP contribution in [0.2, 0.25) is 0 Å². The van der Waals surface area contributed by atoms with Crippen molar-refractivity contribution in [1.82, 2.24) is 0 Å². The molecule has 0 amide bonds. The number of methoxy groups -OCH3 is 1. The lowest BCUT2D eigenvalue weighted by molar-refractivity contribution is -0.0765. The van der Waals surface area contributed by atoms with Gasteiger partial charge in [-0.25, -0.2) is 0 Å². The molecule has 100 valence electrons. The SMILES string of the molecule is COC1(C(N)C2CCCC(C)C2)CCCCC1. The highest BCUT2D eigenvalue weighted by Gasteiger charge is 2.42. The zero-order valence-electron chi connectivity index (χ0n) is 11.6. The molecule has 0 radical (unpaired) electrons. The maximum absolute atomic E-state index is 6.61. The second-order valence-electron chi connectivity index (χ2n) is 6.39. The van der Waals surface area contributed by atoms with Crippen LogP contribution in [0, 0.1) is 11.8 Å². The highest BCUT2D eigenvalue weighted by Crippen LogP contribution is 2.40. The summed E-state index contributed by atoms with van der Waals surface area (Å²) in [6.45, 7) is 2.37. The maximum atomic E-state index is 6.61. The van der Waals surface area contributed by atoms with E-state index in [4.69, 9.17) is 10.5 Å². The predicted octanol–water partition coefficient (Wildman–Crippen LogP) is 3.49. The van der Waals surface area contributed by atoms with E-state index in [0.29, 0.717) is 5.92 Å². The molecule has 2 heteroatoms. The summed E-state index contributed by atoms with van der Waals surface area (Å²) in [6.07, 6.45) is 11.7. The van der Waals surface area contributed by atoms with E-state index in [1.54, 1.807) is 0 Å². The normalized spacial score (nSPS) is 35.5. The summed E-state index contributed by atoms with van der Waals surface area (Å²) in [5, 5.41) is 0. The summed E-state index contributed by atoms with van der Waals surface area (Å²) >= 11 is 0. The number of hydrogen-bond acceptors (Lipinski definition) is 2. The van der Waals surface area contributed by atoms with Gasteiger partial charge in [0.2, 0.25) is 0 Å². The topological polar surface area (TPSA) is 35.2 Å². The van der Waals surface area contributed by atoms with Crippen molar-refractivity contribution in [3.8, 4) is 0 Å². The van der Waals surface area contributed by atoms with Crippen molar-refractivity contribution in [3.63, 3.8) is 0 Å². The van der Waals surface area contributed by atoms with Crippen molar-refractivity contribution < 1.29 is 4.74 Å². The third-order valence-electron chi connectivity index (χ3n) is 5.20. The molecule has 0 saturated heterocycles. The first-order valence-corrected chi connectivity index (χ1v) is 7.49. The number of rotatable bonds is 3. The third kappa shape index (κ3) is 2.85. The first-order valence-electron chi connectivity index (χ1n) is 7.49. The molecule has 0 heterocycles. The van der Waals surface area contributed by atoms with E-state index in [-0.39, 0.29) is 11.6 Å². The van der Waals surface area contributed by atoms with Crippen LogP contribution < -0.4 is 5.73 Å². The van der Waals surface area contributed by atoms with Crippen LogP contribution in [0.3, 0.4) is 0 Å². The minimum absolute atomic E-state index is 0.0000231. The fourth-order valence-electron chi connectivity index (χ4n) is 4.06. The van der Waals surface area contributed by atoms with Crippen molar-refractivity contribution in [2.45, 2.75) is 76.4 Å². The molecule has 0 bridgehead atoms. The molecule has 3 unspecified atom stereocenters. The first kappa shape index (κ1) is 13.4. The van der Waals surface area contributed by atoms with Crippen LogP contribution in [-0.4, -0.2) is 18.8 Å². The zero-order valence-corrected chi connectivity index (χ0v) is 11.6. The molecular formula is C15H29NO. The molecule has 0 aromatic carbocycles. The van der Waals surface area contributed by atoms with E-state index in [2.05, 4.69) is 6.92 Å². The lowest BCUT2D eigenvalue weighted by atomic mass is 9.69. The Bertz CT molecular complexity index is 235. The molecule has 17 heavy (non-hydrogen) atoms. The van der Waals surface area contributed by atoms with Gasteiger partial charge in [0.1, 0.15) is 0 Å². The lowest BCUT2D eigenvalue weighted by Crippen LogP contribution is -2.55. The standard InChI is InChI=1S/C15H29NO/c1-12-7-6-8-13(11-12)14(16)15(17-2)9-4-3-5-10-15/h12-14H,3-11,16H2,1-2H3. The lowest BCUT2D eigenvalue weighted by Gasteiger charge is -2.45. The summed E-state index contributed by atoms with van der Waals surface area (Å²) in [5.74, 6) is 1.55. The number of hydrogen-bond donors (Lipinski definition) is 1. The predicted molar refractivity (Wildman–Crippen MR) is 71.9 cm³/mol. The third-order valence-corrected chi connectivity index (χ3v) is 5.20. The van der Waals surface area contributed by atoms with E-state index in [0.717, 1.165) is 5.92 Å². The first-order chi connectivity index (χ1) is 8.18. The van der Waals surface area contributed by atoms with Gasteiger partial charge in [-0.2, -0.15) is 0 Å². The van der Waals surface area contributed by atoms with Crippen LogP contribution >= 0.6 is 0 Å². The molecule has 2 fully saturated rings. The van der Waals surface area contributed by atoms with Crippen LogP contribution in [0.1, 0.15) is 64.7 Å². The molecule has 2 rings (SSSR count). The molecule has 2 aliphatic rings.